The van der Waals surface area contributed by atoms with Crippen LogP contribution in [0.4, 0.5) is 5.69 Å². The van der Waals surface area contributed by atoms with Gasteiger partial charge in [0.25, 0.3) is 5.91 Å². The number of ether oxygens (including phenoxy) is 1. The highest BCUT2D eigenvalue weighted by atomic mass is 32.1. The van der Waals surface area contributed by atoms with E-state index in [0.717, 1.165) is 31.9 Å². The normalized spacial score (nSPS) is 16.5. The Labute approximate surface area is 153 Å². The molecule has 0 saturated carbocycles. The van der Waals surface area contributed by atoms with Crippen LogP contribution in [0, 0.1) is 0 Å². The van der Waals surface area contributed by atoms with Crippen LogP contribution in [0.3, 0.4) is 0 Å². The van der Waals surface area contributed by atoms with Crippen LogP contribution >= 0.6 is 11.3 Å². The largest absolute Gasteiger partial charge is 0.497 e. The molecule has 1 aromatic carbocycles. The molecule has 0 radical (unpaired) electrons. The van der Waals surface area contributed by atoms with Gasteiger partial charge in [0, 0.05) is 10.6 Å². The molecular weight excluding hydrogens is 334 g/mol. The van der Waals surface area contributed by atoms with Crippen molar-refractivity contribution in [2.75, 3.05) is 44.7 Å². The Morgan fingerprint density at radius 2 is 2.00 bits per heavy atom. The zero-order chi connectivity index (χ0) is 17.6. The molecule has 0 aliphatic carbocycles. The summed E-state index contributed by atoms with van der Waals surface area (Å²) in [5, 5.41) is 5.15. The fourth-order valence-corrected chi connectivity index (χ4v) is 3.91. The monoisotopic (exact) mass is 360 g/mol. The number of nitrogens with zero attached hydrogens (tertiary/aromatic N) is 1. The van der Waals surface area contributed by atoms with Gasteiger partial charge in [-0.25, -0.2) is 0 Å². The Morgan fingerprint density at radius 3 is 2.60 bits per heavy atom. The quantitative estimate of drug-likeness (QED) is 0.817. The van der Waals surface area contributed by atoms with Crippen molar-refractivity contribution in [3.8, 4) is 5.75 Å². The standard InChI is InChI=1S/C19H25N3O2S/c1-15(18-4-3-13-25-18)20-19(23)14-21-9-11-22(12-10-21)16-5-7-17(24-2)8-6-16/h3-8,13,15H,9-12,14H2,1-2H3,(H,20,23)/p+1/t15-/m0/s1. The van der Waals surface area contributed by atoms with Crippen LogP contribution in [0.5, 0.6) is 5.75 Å². The second-order valence-electron chi connectivity index (χ2n) is 6.42. The van der Waals surface area contributed by atoms with Gasteiger partial charge in [-0.05, 0) is 42.6 Å². The van der Waals surface area contributed by atoms with Crippen molar-refractivity contribution in [2.24, 2.45) is 0 Å². The lowest BCUT2D eigenvalue weighted by atomic mass is 10.2. The van der Waals surface area contributed by atoms with Crippen molar-refractivity contribution in [2.45, 2.75) is 13.0 Å². The topological polar surface area (TPSA) is 46.0 Å². The number of amides is 1. The highest BCUT2D eigenvalue weighted by molar-refractivity contribution is 7.10. The summed E-state index contributed by atoms with van der Waals surface area (Å²) in [6.07, 6.45) is 0. The Bertz CT molecular complexity index is 664. The van der Waals surface area contributed by atoms with Crippen LogP contribution in [0.15, 0.2) is 41.8 Å². The number of methoxy groups -OCH3 is 1. The van der Waals surface area contributed by atoms with Gasteiger partial charge in [0.05, 0.1) is 39.3 Å². The van der Waals surface area contributed by atoms with Gasteiger partial charge in [-0.2, -0.15) is 0 Å². The molecule has 1 amide bonds. The Hall–Kier alpha value is -2.05. The Balaban J connectivity index is 1.44. The molecule has 5 nitrogen and oxygen atoms in total. The molecule has 1 aliphatic heterocycles. The lowest BCUT2D eigenvalue weighted by molar-refractivity contribution is -0.892. The van der Waals surface area contributed by atoms with Crippen molar-refractivity contribution in [1.82, 2.24) is 5.32 Å². The summed E-state index contributed by atoms with van der Waals surface area (Å²) in [6.45, 7) is 6.48. The molecule has 1 saturated heterocycles. The van der Waals surface area contributed by atoms with Crippen molar-refractivity contribution in [3.05, 3.63) is 46.7 Å². The average Bonchev–Trinajstić information content (AvgIpc) is 3.17. The fourth-order valence-electron chi connectivity index (χ4n) is 3.18. The second-order valence-corrected chi connectivity index (χ2v) is 7.40. The van der Waals surface area contributed by atoms with Crippen LogP contribution in [0.25, 0.3) is 0 Å². The van der Waals surface area contributed by atoms with Gasteiger partial charge in [0.2, 0.25) is 0 Å². The highest BCUT2D eigenvalue weighted by Gasteiger charge is 2.23. The molecule has 2 N–H and O–H groups in total. The summed E-state index contributed by atoms with van der Waals surface area (Å²) >= 11 is 1.68. The first-order valence-electron chi connectivity index (χ1n) is 8.71. The van der Waals surface area contributed by atoms with Gasteiger partial charge >= 0.3 is 0 Å². The minimum atomic E-state index is 0.0903. The first-order chi connectivity index (χ1) is 12.2. The maximum Gasteiger partial charge on any atom is 0.275 e. The van der Waals surface area contributed by atoms with E-state index in [0.29, 0.717) is 6.54 Å². The predicted octanol–water partition coefficient (Wildman–Crippen LogP) is 1.34. The lowest BCUT2D eigenvalue weighted by Crippen LogP contribution is -3.15. The zero-order valence-corrected chi connectivity index (χ0v) is 15.6. The molecule has 0 unspecified atom stereocenters. The molecular formula is C19H26N3O2S+. The highest BCUT2D eigenvalue weighted by Crippen LogP contribution is 2.19. The third kappa shape index (κ3) is 4.74. The van der Waals surface area contributed by atoms with E-state index in [1.807, 2.05) is 30.5 Å². The number of carbonyl (C=O) groups excluding carboxylic acids is 1. The molecule has 2 heterocycles. The number of anilines is 1. The van der Waals surface area contributed by atoms with Gasteiger partial charge < -0.3 is 19.9 Å². The minimum absolute atomic E-state index is 0.0903. The number of nitrogens with one attached hydrogen (secondary N) is 2. The number of rotatable bonds is 6. The summed E-state index contributed by atoms with van der Waals surface area (Å²) in [7, 11) is 1.68. The third-order valence-corrected chi connectivity index (χ3v) is 5.72. The Morgan fingerprint density at radius 1 is 1.28 bits per heavy atom. The summed E-state index contributed by atoms with van der Waals surface area (Å²) in [5.41, 5.74) is 1.22. The van der Waals surface area contributed by atoms with Crippen LogP contribution in [-0.2, 0) is 4.79 Å². The summed E-state index contributed by atoms with van der Waals surface area (Å²) < 4.78 is 5.21. The molecule has 1 aliphatic rings. The van der Waals surface area contributed by atoms with E-state index in [-0.39, 0.29) is 11.9 Å². The molecule has 3 rings (SSSR count). The van der Waals surface area contributed by atoms with Crippen LogP contribution in [0.2, 0.25) is 0 Å². The SMILES string of the molecule is COc1ccc(N2CC[NH+](CC(=O)N[C@@H](C)c3cccs3)CC2)cc1. The Kier molecular flexibility index (Phi) is 5.94. The van der Waals surface area contributed by atoms with Crippen molar-refractivity contribution >= 4 is 22.9 Å². The number of hydrogen-bond donors (Lipinski definition) is 2. The van der Waals surface area contributed by atoms with E-state index in [1.54, 1.807) is 18.4 Å². The molecule has 2 aromatic rings. The van der Waals surface area contributed by atoms with E-state index < -0.39 is 0 Å². The first-order valence-corrected chi connectivity index (χ1v) is 9.59. The predicted molar refractivity (Wildman–Crippen MR) is 102 cm³/mol. The second kappa shape index (κ2) is 8.36. The van der Waals surface area contributed by atoms with E-state index in [4.69, 9.17) is 4.74 Å². The van der Waals surface area contributed by atoms with Crippen molar-refractivity contribution in [3.63, 3.8) is 0 Å². The maximum atomic E-state index is 12.3. The van der Waals surface area contributed by atoms with Gasteiger partial charge in [-0.15, -0.1) is 11.3 Å². The number of benzene rings is 1. The molecule has 134 valence electrons. The van der Waals surface area contributed by atoms with E-state index in [1.165, 1.54) is 15.5 Å². The number of quaternary nitrogens is 1. The van der Waals surface area contributed by atoms with Gasteiger partial charge in [0.1, 0.15) is 5.75 Å². The fraction of sp³-hybridized carbons (Fsp3) is 0.421. The van der Waals surface area contributed by atoms with E-state index >= 15 is 0 Å². The maximum absolute atomic E-state index is 12.3. The van der Waals surface area contributed by atoms with Crippen molar-refractivity contribution < 1.29 is 14.4 Å². The zero-order valence-electron chi connectivity index (χ0n) is 14.8. The molecule has 0 spiro atoms. The van der Waals surface area contributed by atoms with Gasteiger partial charge in [0.15, 0.2) is 6.54 Å². The number of hydrogen-bond acceptors (Lipinski definition) is 4. The molecule has 1 aromatic heterocycles. The third-order valence-electron chi connectivity index (χ3n) is 4.67. The number of piperazine rings is 1. The van der Waals surface area contributed by atoms with Crippen LogP contribution in [0.1, 0.15) is 17.8 Å². The lowest BCUT2D eigenvalue weighted by Gasteiger charge is -2.33. The first kappa shape index (κ1) is 17.8. The smallest absolute Gasteiger partial charge is 0.275 e. The van der Waals surface area contributed by atoms with Gasteiger partial charge in [-0.1, -0.05) is 6.07 Å². The van der Waals surface area contributed by atoms with Crippen LogP contribution < -0.4 is 19.9 Å². The number of carbonyl (C=O) groups is 1. The van der Waals surface area contributed by atoms with Crippen LogP contribution in [-0.4, -0.2) is 45.7 Å². The summed E-state index contributed by atoms with van der Waals surface area (Å²) in [5.74, 6) is 1.01. The van der Waals surface area contributed by atoms with E-state index in [2.05, 4.69) is 28.4 Å². The molecule has 25 heavy (non-hydrogen) atoms. The molecule has 6 heteroatoms. The summed E-state index contributed by atoms with van der Waals surface area (Å²) in [6, 6.07) is 12.4. The average molecular weight is 361 g/mol. The molecule has 0 bridgehead atoms. The summed E-state index contributed by atoms with van der Waals surface area (Å²) in [4.78, 5) is 17.2. The molecule has 1 atom stereocenters. The van der Waals surface area contributed by atoms with E-state index in [9.17, 15) is 4.79 Å². The minimum Gasteiger partial charge on any atom is -0.497 e. The van der Waals surface area contributed by atoms with Crippen molar-refractivity contribution in [1.29, 1.82) is 0 Å². The number of thiophene rings is 1. The van der Waals surface area contributed by atoms with Gasteiger partial charge in [-0.3, -0.25) is 4.79 Å². The molecule has 1 fully saturated rings.